The fourth-order valence-electron chi connectivity index (χ4n) is 5.20. The number of para-hydroxylation sites is 2. The molecule has 0 aliphatic rings. The molecule has 5 aromatic carbocycles. The number of nitrogens with zero attached hydrogens (tertiary/aromatic N) is 1. The Morgan fingerprint density at radius 3 is 1.97 bits per heavy atom. The maximum Gasteiger partial charge on any atom is 0.0547 e. The highest BCUT2D eigenvalue weighted by Crippen LogP contribution is 2.40. The highest BCUT2D eigenvalue weighted by Gasteiger charge is 2.18. The van der Waals surface area contributed by atoms with E-state index in [2.05, 4.69) is 122 Å². The van der Waals surface area contributed by atoms with Crippen LogP contribution in [0.5, 0.6) is 0 Å². The molecule has 0 unspecified atom stereocenters. The predicted molar refractivity (Wildman–Crippen MR) is 150 cm³/mol. The second-order valence-corrected chi connectivity index (χ2v) is 9.46. The molecule has 0 amide bonds. The van der Waals surface area contributed by atoms with Gasteiger partial charge >= 0.3 is 0 Å². The Balaban J connectivity index is 1.63. The zero-order valence-corrected chi connectivity index (χ0v) is 20.1. The smallest absolute Gasteiger partial charge is 0.0547 e. The van der Waals surface area contributed by atoms with Gasteiger partial charge < -0.3 is 10.3 Å². The van der Waals surface area contributed by atoms with Gasteiger partial charge in [-0.3, -0.25) is 0 Å². The Morgan fingerprint density at radius 2 is 1.23 bits per heavy atom. The zero-order valence-electron chi connectivity index (χ0n) is 20.1. The average molecular weight is 453 g/mol. The summed E-state index contributed by atoms with van der Waals surface area (Å²) in [4.78, 5) is 0. The number of nitrogens with two attached hydrogens (primary N) is 1. The summed E-state index contributed by atoms with van der Waals surface area (Å²) in [7, 11) is 0. The number of aromatic nitrogens is 1. The Labute approximate surface area is 206 Å². The standard InChI is InChI=1S/C33H28N2/c1-22(2)28-20-30-27-13-7-9-15-32(27)35(33(30)21-29(28)26-12-6-8-14-31(26)34)25-18-16-24(17-19-25)23-10-4-3-5-11-23/h3-22H,34H2,1-2H3. The number of nitrogen functional groups attached to an aromatic ring is 1. The number of fused-ring (bicyclic) bond motifs is 3. The van der Waals surface area contributed by atoms with Gasteiger partial charge in [0.1, 0.15) is 0 Å². The first-order chi connectivity index (χ1) is 17.1. The van der Waals surface area contributed by atoms with Gasteiger partial charge in [-0.2, -0.15) is 0 Å². The van der Waals surface area contributed by atoms with E-state index < -0.39 is 0 Å². The Morgan fingerprint density at radius 1 is 0.571 bits per heavy atom. The van der Waals surface area contributed by atoms with Crippen LogP contribution in [0.1, 0.15) is 25.3 Å². The molecule has 2 nitrogen and oxygen atoms in total. The fourth-order valence-corrected chi connectivity index (χ4v) is 5.20. The molecule has 2 N–H and O–H groups in total. The first-order valence-electron chi connectivity index (χ1n) is 12.2. The molecule has 0 radical (unpaired) electrons. The van der Waals surface area contributed by atoms with E-state index in [0.717, 1.165) is 16.9 Å². The number of hydrogen-bond donors (Lipinski definition) is 1. The SMILES string of the molecule is CC(C)c1cc2c3ccccc3n(-c3ccc(-c4ccccc4)cc3)c2cc1-c1ccccc1N. The van der Waals surface area contributed by atoms with Crippen molar-refractivity contribution in [1.82, 2.24) is 4.57 Å². The minimum absolute atomic E-state index is 0.376. The summed E-state index contributed by atoms with van der Waals surface area (Å²) < 4.78 is 2.38. The predicted octanol–water partition coefficient (Wildman–Crippen LogP) is 8.82. The molecule has 0 saturated carbocycles. The summed E-state index contributed by atoms with van der Waals surface area (Å²) in [6.07, 6.45) is 0. The lowest BCUT2D eigenvalue weighted by atomic mass is 9.90. The van der Waals surface area contributed by atoms with E-state index in [1.165, 1.54) is 44.1 Å². The summed E-state index contributed by atoms with van der Waals surface area (Å²) in [5, 5.41) is 2.54. The average Bonchev–Trinajstić information content (AvgIpc) is 3.22. The van der Waals surface area contributed by atoms with Gasteiger partial charge in [0.2, 0.25) is 0 Å². The van der Waals surface area contributed by atoms with Gasteiger partial charge in [0, 0.05) is 27.7 Å². The number of benzene rings is 5. The molecular formula is C33H28N2. The molecule has 0 atom stereocenters. The van der Waals surface area contributed by atoms with Gasteiger partial charge in [0.25, 0.3) is 0 Å². The summed E-state index contributed by atoms with van der Waals surface area (Å²) >= 11 is 0. The molecule has 0 saturated heterocycles. The third kappa shape index (κ3) is 3.59. The summed E-state index contributed by atoms with van der Waals surface area (Å²) in [5.41, 5.74) is 16.9. The first kappa shape index (κ1) is 21.2. The van der Waals surface area contributed by atoms with Crippen molar-refractivity contribution in [2.75, 3.05) is 5.73 Å². The van der Waals surface area contributed by atoms with Gasteiger partial charge in [0.15, 0.2) is 0 Å². The second kappa shape index (κ2) is 8.48. The Kier molecular flexibility index (Phi) is 5.15. The maximum absolute atomic E-state index is 6.46. The van der Waals surface area contributed by atoms with Crippen molar-refractivity contribution in [3.05, 3.63) is 121 Å². The fraction of sp³-hybridized carbons (Fsp3) is 0.0909. The maximum atomic E-state index is 6.46. The van der Waals surface area contributed by atoms with Crippen LogP contribution in [0.15, 0.2) is 115 Å². The zero-order chi connectivity index (χ0) is 23.9. The molecular weight excluding hydrogens is 424 g/mol. The van der Waals surface area contributed by atoms with Crippen molar-refractivity contribution >= 4 is 27.5 Å². The van der Waals surface area contributed by atoms with Crippen LogP contribution in [0.4, 0.5) is 5.69 Å². The molecule has 0 aliphatic heterocycles. The van der Waals surface area contributed by atoms with Crippen LogP contribution in [-0.4, -0.2) is 4.57 Å². The van der Waals surface area contributed by atoms with Crippen molar-refractivity contribution in [2.45, 2.75) is 19.8 Å². The molecule has 35 heavy (non-hydrogen) atoms. The van der Waals surface area contributed by atoms with E-state index >= 15 is 0 Å². The third-order valence-corrected chi connectivity index (χ3v) is 6.95. The first-order valence-corrected chi connectivity index (χ1v) is 12.2. The number of hydrogen-bond acceptors (Lipinski definition) is 1. The highest BCUT2D eigenvalue weighted by molar-refractivity contribution is 6.11. The van der Waals surface area contributed by atoms with Crippen molar-refractivity contribution < 1.29 is 0 Å². The molecule has 0 bridgehead atoms. The lowest BCUT2D eigenvalue weighted by molar-refractivity contribution is 0.871. The minimum atomic E-state index is 0.376. The van der Waals surface area contributed by atoms with E-state index in [1.807, 2.05) is 12.1 Å². The number of rotatable bonds is 4. The van der Waals surface area contributed by atoms with Crippen LogP contribution in [-0.2, 0) is 0 Å². The van der Waals surface area contributed by atoms with E-state index in [1.54, 1.807) is 0 Å². The van der Waals surface area contributed by atoms with Crippen LogP contribution in [0.3, 0.4) is 0 Å². The van der Waals surface area contributed by atoms with E-state index in [9.17, 15) is 0 Å². The molecule has 0 spiro atoms. The molecule has 1 heterocycles. The Bertz CT molecular complexity index is 1660. The molecule has 6 rings (SSSR count). The van der Waals surface area contributed by atoms with Gasteiger partial charge in [-0.25, -0.2) is 0 Å². The molecule has 170 valence electrons. The van der Waals surface area contributed by atoms with Crippen LogP contribution in [0, 0.1) is 0 Å². The minimum Gasteiger partial charge on any atom is -0.398 e. The van der Waals surface area contributed by atoms with Crippen molar-refractivity contribution in [2.24, 2.45) is 0 Å². The van der Waals surface area contributed by atoms with Crippen LogP contribution in [0.25, 0.3) is 49.7 Å². The summed E-state index contributed by atoms with van der Waals surface area (Å²) in [6.45, 7) is 4.51. The topological polar surface area (TPSA) is 30.9 Å². The summed E-state index contributed by atoms with van der Waals surface area (Å²) in [6, 6.07) is 41.0. The molecule has 1 aromatic heterocycles. The van der Waals surface area contributed by atoms with Crippen molar-refractivity contribution in [3.8, 4) is 27.9 Å². The van der Waals surface area contributed by atoms with E-state index in [-0.39, 0.29) is 0 Å². The number of anilines is 1. The van der Waals surface area contributed by atoms with Crippen LogP contribution in [0.2, 0.25) is 0 Å². The monoisotopic (exact) mass is 452 g/mol. The van der Waals surface area contributed by atoms with Gasteiger partial charge in [-0.05, 0) is 64.6 Å². The van der Waals surface area contributed by atoms with Crippen LogP contribution < -0.4 is 5.73 Å². The highest BCUT2D eigenvalue weighted by atomic mass is 15.0. The van der Waals surface area contributed by atoms with Crippen LogP contribution >= 0.6 is 0 Å². The molecule has 0 fully saturated rings. The molecule has 2 heteroatoms. The lowest BCUT2D eigenvalue weighted by Gasteiger charge is -2.17. The summed E-state index contributed by atoms with van der Waals surface area (Å²) in [5.74, 6) is 0.376. The van der Waals surface area contributed by atoms with Gasteiger partial charge in [-0.15, -0.1) is 0 Å². The largest absolute Gasteiger partial charge is 0.398 e. The normalized spacial score (nSPS) is 11.5. The third-order valence-electron chi connectivity index (χ3n) is 6.95. The van der Waals surface area contributed by atoms with Gasteiger partial charge in [-0.1, -0.05) is 92.7 Å². The van der Waals surface area contributed by atoms with E-state index in [0.29, 0.717) is 5.92 Å². The Hall–Kier alpha value is -4.30. The van der Waals surface area contributed by atoms with Crippen molar-refractivity contribution in [3.63, 3.8) is 0 Å². The van der Waals surface area contributed by atoms with Crippen molar-refractivity contribution in [1.29, 1.82) is 0 Å². The molecule has 6 aromatic rings. The molecule has 0 aliphatic carbocycles. The lowest BCUT2D eigenvalue weighted by Crippen LogP contribution is -1.98. The van der Waals surface area contributed by atoms with Gasteiger partial charge in [0.05, 0.1) is 11.0 Å². The van der Waals surface area contributed by atoms with E-state index in [4.69, 9.17) is 5.73 Å². The second-order valence-electron chi connectivity index (χ2n) is 9.46. The quantitative estimate of drug-likeness (QED) is 0.266.